The van der Waals surface area contributed by atoms with Crippen molar-refractivity contribution in [1.29, 1.82) is 0 Å². The number of hydrogen-bond acceptors (Lipinski definition) is 6. The van der Waals surface area contributed by atoms with Gasteiger partial charge in [-0.3, -0.25) is 9.69 Å². The highest BCUT2D eigenvalue weighted by molar-refractivity contribution is 5.91. The van der Waals surface area contributed by atoms with Crippen molar-refractivity contribution in [1.82, 2.24) is 20.1 Å². The molecule has 0 spiro atoms. The average molecular weight is 403 g/mol. The van der Waals surface area contributed by atoms with Crippen LogP contribution in [0.25, 0.3) is 0 Å². The van der Waals surface area contributed by atoms with E-state index in [4.69, 9.17) is 9.15 Å². The van der Waals surface area contributed by atoms with Crippen molar-refractivity contribution in [3.05, 3.63) is 47.7 Å². The number of methoxy groups -OCH3 is 1. The fraction of sp³-hybridized carbons (Fsp3) is 0.545. The normalized spacial score (nSPS) is 12.6. The van der Waals surface area contributed by atoms with Crippen LogP contribution in [0.15, 0.2) is 34.9 Å². The zero-order valence-corrected chi connectivity index (χ0v) is 18.4. The van der Waals surface area contributed by atoms with Crippen molar-refractivity contribution in [2.24, 2.45) is 5.92 Å². The minimum Gasteiger partial charge on any atom is -0.497 e. The first-order valence-corrected chi connectivity index (χ1v) is 10.0. The summed E-state index contributed by atoms with van der Waals surface area (Å²) in [6.45, 7) is 9.20. The summed E-state index contributed by atoms with van der Waals surface area (Å²) in [5, 5.41) is 2.86. The van der Waals surface area contributed by atoms with Gasteiger partial charge in [0.15, 0.2) is 5.69 Å². The molecule has 0 unspecified atom stereocenters. The summed E-state index contributed by atoms with van der Waals surface area (Å²) in [6.07, 6.45) is 1.43. The molecule has 0 bridgehead atoms. The van der Waals surface area contributed by atoms with E-state index in [0.717, 1.165) is 24.4 Å². The van der Waals surface area contributed by atoms with Gasteiger partial charge in [-0.25, -0.2) is 4.98 Å². The Labute approximate surface area is 174 Å². The first-order chi connectivity index (χ1) is 13.8. The van der Waals surface area contributed by atoms with E-state index in [1.807, 2.05) is 37.2 Å². The van der Waals surface area contributed by atoms with Crippen molar-refractivity contribution in [3.8, 4) is 5.75 Å². The van der Waals surface area contributed by atoms with Crippen LogP contribution in [0.4, 0.5) is 0 Å². The fourth-order valence-corrected chi connectivity index (χ4v) is 2.92. The predicted molar refractivity (Wildman–Crippen MR) is 114 cm³/mol. The number of carbonyl (C=O) groups is 1. The van der Waals surface area contributed by atoms with Gasteiger partial charge in [0.05, 0.1) is 13.7 Å². The van der Waals surface area contributed by atoms with Gasteiger partial charge in [0.25, 0.3) is 5.91 Å². The number of carbonyl (C=O) groups excluding carboxylic acids is 1. The van der Waals surface area contributed by atoms with Crippen LogP contribution in [0.2, 0.25) is 0 Å². The Morgan fingerprint density at radius 2 is 2.00 bits per heavy atom. The van der Waals surface area contributed by atoms with Gasteiger partial charge in [-0.15, -0.1) is 0 Å². The summed E-state index contributed by atoms with van der Waals surface area (Å²) in [6, 6.07) is 8.37. The van der Waals surface area contributed by atoms with E-state index in [0.29, 0.717) is 36.6 Å². The summed E-state index contributed by atoms with van der Waals surface area (Å²) in [5.74, 6) is 1.63. The van der Waals surface area contributed by atoms with E-state index < -0.39 is 0 Å². The summed E-state index contributed by atoms with van der Waals surface area (Å²) in [5.41, 5.74) is 1.47. The Hall–Kier alpha value is -2.38. The second-order valence-electron chi connectivity index (χ2n) is 7.93. The van der Waals surface area contributed by atoms with E-state index >= 15 is 0 Å². The average Bonchev–Trinajstić information content (AvgIpc) is 3.15. The molecule has 1 amide bonds. The largest absolute Gasteiger partial charge is 0.497 e. The molecule has 0 fully saturated rings. The molecule has 2 rings (SSSR count). The smallest absolute Gasteiger partial charge is 0.273 e. The molecule has 0 saturated heterocycles. The van der Waals surface area contributed by atoms with E-state index in [9.17, 15) is 4.79 Å². The third-order valence-electron chi connectivity index (χ3n) is 5.03. The van der Waals surface area contributed by atoms with Crippen LogP contribution < -0.4 is 10.1 Å². The predicted octanol–water partition coefficient (Wildman–Crippen LogP) is 3.02. The lowest BCUT2D eigenvalue weighted by Gasteiger charge is -2.30. The van der Waals surface area contributed by atoms with Gasteiger partial charge in [0.1, 0.15) is 12.0 Å². The second-order valence-corrected chi connectivity index (χ2v) is 7.93. The van der Waals surface area contributed by atoms with E-state index in [2.05, 4.69) is 42.0 Å². The molecular formula is C22H34N4O3. The summed E-state index contributed by atoms with van der Waals surface area (Å²) >= 11 is 0. The molecule has 0 saturated carbocycles. The zero-order valence-electron chi connectivity index (χ0n) is 18.4. The van der Waals surface area contributed by atoms with Crippen molar-refractivity contribution in [2.75, 3.05) is 34.3 Å². The number of rotatable bonds is 11. The molecule has 7 heteroatoms. The van der Waals surface area contributed by atoms with Crippen LogP contribution in [-0.2, 0) is 13.1 Å². The topological polar surface area (TPSA) is 70.8 Å². The Kier molecular flexibility index (Phi) is 8.67. The van der Waals surface area contributed by atoms with Crippen LogP contribution in [0, 0.1) is 5.92 Å². The van der Waals surface area contributed by atoms with Gasteiger partial charge in [-0.1, -0.05) is 26.0 Å². The Morgan fingerprint density at radius 3 is 2.66 bits per heavy atom. The Bertz CT molecular complexity index is 773. The maximum absolute atomic E-state index is 12.2. The maximum atomic E-state index is 12.2. The number of ether oxygens (including phenoxy) is 1. The van der Waals surface area contributed by atoms with E-state index in [1.165, 1.54) is 6.26 Å². The quantitative estimate of drug-likeness (QED) is 0.623. The molecule has 29 heavy (non-hydrogen) atoms. The molecule has 0 aliphatic rings. The van der Waals surface area contributed by atoms with Gasteiger partial charge in [-0.05, 0) is 44.6 Å². The molecule has 0 radical (unpaired) electrons. The molecule has 1 atom stereocenters. The van der Waals surface area contributed by atoms with Crippen molar-refractivity contribution in [3.63, 3.8) is 0 Å². The van der Waals surface area contributed by atoms with Crippen molar-refractivity contribution in [2.45, 2.75) is 39.9 Å². The molecule has 0 aliphatic carbocycles. The van der Waals surface area contributed by atoms with Crippen LogP contribution in [0.3, 0.4) is 0 Å². The first kappa shape index (κ1) is 22.9. The molecule has 0 aliphatic heterocycles. The van der Waals surface area contributed by atoms with Gasteiger partial charge in [0.2, 0.25) is 5.89 Å². The van der Waals surface area contributed by atoms with E-state index in [1.54, 1.807) is 7.11 Å². The number of benzene rings is 1. The number of hydrogen-bond donors (Lipinski definition) is 1. The minimum atomic E-state index is -0.210. The molecule has 1 aromatic heterocycles. The monoisotopic (exact) mass is 402 g/mol. The summed E-state index contributed by atoms with van der Waals surface area (Å²) in [4.78, 5) is 21.0. The number of nitrogens with zero attached hydrogens (tertiary/aromatic N) is 3. The van der Waals surface area contributed by atoms with Crippen LogP contribution in [-0.4, -0.2) is 61.0 Å². The summed E-state index contributed by atoms with van der Waals surface area (Å²) in [7, 11) is 5.60. The fourth-order valence-electron chi connectivity index (χ4n) is 2.92. The second kappa shape index (κ2) is 11.0. The third kappa shape index (κ3) is 7.18. The Morgan fingerprint density at radius 1 is 1.24 bits per heavy atom. The standard InChI is InChI=1S/C22H34N4O3/c1-16(2)17(3)26(13-18-8-7-9-19(12-18)28-6)14-21-24-20(15-29-21)22(27)23-10-11-25(4)5/h7-9,12,15-17H,10-11,13-14H2,1-6H3,(H,23,27)/t17-/m1/s1. The first-order valence-electron chi connectivity index (χ1n) is 10.0. The van der Waals surface area contributed by atoms with Crippen LogP contribution in [0.5, 0.6) is 5.75 Å². The van der Waals surface area contributed by atoms with Gasteiger partial charge in [-0.2, -0.15) is 0 Å². The van der Waals surface area contributed by atoms with Crippen molar-refractivity contribution >= 4 is 5.91 Å². The highest BCUT2D eigenvalue weighted by Crippen LogP contribution is 2.20. The van der Waals surface area contributed by atoms with Gasteiger partial charge >= 0.3 is 0 Å². The lowest BCUT2D eigenvalue weighted by atomic mass is 10.0. The van der Waals surface area contributed by atoms with Crippen LogP contribution >= 0.6 is 0 Å². The third-order valence-corrected chi connectivity index (χ3v) is 5.03. The molecule has 2 aromatic rings. The highest BCUT2D eigenvalue weighted by Gasteiger charge is 2.21. The molecule has 1 heterocycles. The van der Waals surface area contributed by atoms with Crippen molar-refractivity contribution < 1.29 is 13.9 Å². The lowest BCUT2D eigenvalue weighted by Crippen LogP contribution is -2.36. The number of aromatic nitrogens is 1. The minimum absolute atomic E-state index is 0.210. The SMILES string of the molecule is COc1cccc(CN(Cc2nc(C(=O)NCCN(C)C)co2)[C@H](C)C(C)C)c1. The van der Waals surface area contributed by atoms with E-state index in [-0.39, 0.29) is 5.91 Å². The number of oxazole rings is 1. The maximum Gasteiger partial charge on any atom is 0.273 e. The number of likely N-dealkylation sites (N-methyl/N-ethyl adjacent to an activating group) is 1. The molecule has 1 N–H and O–H groups in total. The Balaban J connectivity index is 2.07. The number of amides is 1. The van der Waals surface area contributed by atoms with Gasteiger partial charge < -0.3 is 19.4 Å². The lowest BCUT2D eigenvalue weighted by molar-refractivity contribution is 0.0945. The molecule has 7 nitrogen and oxygen atoms in total. The molecular weight excluding hydrogens is 368 g/mol. The summed E-state index contributed by atoms with van der Waals surface area (Å²) < 4.78 is 10.9. The molecule has 1 aromatic carbocycles. The molecule has 160 valence electrons. The van der Waals surface area contributed by atoms with Gasteiger partial charge in [0, 0.05) is 25.7 Å². The zero-order chi connectivity index (χ0) is 21.4. The number of nitrogens with one attached hydrogen (secondary N) is 1. The highest BCUT2D eigenvalue weighted by atomic mass is 16.5. The van der Waals surface area contributed by atoms with Crippen LogP contribution in [0.1, 0.15) is 42.7 Å².